The van der Waals surface area contributed by atoms with E-state index in [-0.39, 0.29) is 6.04 Å². The zero-order valence-electron chi connectivity index (χ0n) is 20.6. The Hall–Kier alpha value is -3.34. The fourth-order valence-electron chi connectivity index (χ4n) is 4.92. The van der Waals surface area contributed by atoms with Crippen LogP contribution < -0.4 is 15.0 Å². The molecule has 0 aliphatic carbocycles. The first-order valence-electron chi connectivity index (χ1n) is 12.7. The molecule has 1 N–H and O–H groups in total. The quantitative estimate of drug-likeness (QED) is 0.333. The van der Waals surface area contributed by atoms with Crippen LogP contribution in [0, 0.1) is 0 Å². The average Bonchev–Trinajstić information content (AvgIpc) is 2.92. The molecule has 1 heterocycles. The van der Waals surface area contributed by atoms with Crippen molar-refractivity contribution >= 4 is 16.5 Å². The van der Waals surface area contributed by atoms with Crippen LogP contribution in [0.1, 0.15) is 24.1 Å². The highest BCUT2D eigenvalue weighted by Gasteiger charge is 2.16. The molecule has 0 amide bonds. The maximum atomic E-state index is 6.13. The molecule has 0 spiro atoms. The van der Waals surface area contributed by atoms with Crippen molar-refractivity contribution in [1.82, 2.24) is 10.2 Å². The van der Waals surface area contributed by atoms with Crippen LogP contribution >= 0.6 is 0 Å². The molecule has 1 atom stereocenters. The molecule has 0 bridgehead atoms. The molecule has 35 heavy (non-hydrogen) atoms. The lowest BCUT2D eigenvalue weighted by Crippen LogP contribution is -2.47. The van der Waals surface area contributed by atoms with E-state index in [1.807, 2.05) is 0 Å². The molecule has 4 nitrogen and oxygen atoms in total. The third kappa shape index (κ3) is 6.02. The second-order valence-electron chi connectivity index (χ2n) is 9.33. The highest BCUT2D eigenvalue weighted by molar-refractivity contribution is 5.86. The topological polar surface area (TPSA) is 27.7 Å². The van der Waals surface area contributed by atoms with E-state index in [0.717, 1.165) is 45.0 Å². The Morgan fingerprint density at radius 3 is 2.40 bits per heavy atom. The number of nitrogens with zero attached hydrogens (tertiary/aromatic N) is 2. The van der Waals surface area contributed by atoms with Crippen LogP contribution in [-0.4, -0.2) is 44.2 Å². The number of nitrogens with one attached hydrogen (secondary N) is 1. The Kier molecular flexibility index (Phi) is 7.62. The van der Waals surface area contributed by atoms with Gasteiger partial charge in [-0.1, -0.05) is 72.8 Å². The predicted molar refractivity (Wildman–Crippen MR) is 146 cm³/mol. The first-order valence-corrected chi connectivity index (χ1v) is 12.7. The van der Waals surface area contributed by atoms with E-state index in [9.17, 15) is 0 Å². The molecule has 4 heteroatoms. The fraction of sp³-hybridized carbons (Fsp3) is 0.290. The predicted octanol–water partition coefficient (Wildman–Crippen LogP) is 5.89. The van der Waals surface area contributed by atoms with Gasteiger partial charge in [0.1, 0.15) is 12.4 Å². The molecule has 1 aliphatic rings. The second kappa shape index (κ2) is 11.4. The summed E-state index contributed by atoms with van der Waals surface area (Å²) in [5.74, 6) is 0.949. The summed E-state index contributed by atoms with van der Waals surface area (Å²) in [6.07, 6.45) is 0. The molecule has 5 rings (SSSR count). The van der Waals surface area contributed by atoms with Gasteiger partial charge in [0.05, 0.1) is 0 Å². The van der Waals surface area contributed by atoms with Gasteiger partial charge in [0.15, 0.2) is 0 Å². The number of benzene rings is 4. The minimum Gasteiger partial charge on any atom is -0.492 e. The monoisotopic (exact) mass is 465 g/mol. The Balaban J connectivity index is 1.08. The van der Waals surface area contributed by atoms with Crippen LogP contribution in [0.15, 0.2) is 97.1 Å². The Bertz CT molecular complexity index is 1210. The normalized spacial score (nSPS) is 15.3. The van der Waals surface area contributed by atoms with E-state index in [1.54, 1.807) is 0 Å². The number of hydrogen-bond donors (Lipinski definition) is 1. The maximum Gasteiger partial charge on any atom is 0.119 e. The molecule has 4 aromatic carbocycles. The number of anilines is 1. The van der Waals surface area contributed by atoms with E-state index in [0.29, 0.717) is 6.61 Å². The summed E-state index contributed by atoms with van der Waals surface area (Å²) in [5.41, 5.74) is 3.90. The number of ether oxygens (including phenoxy) is 1. The van der Waals surface area contributed by atoms with E-state index in [2.05, 4.69) is 119 Å². The van der Waals surface area contributed by atoms with Gasteiger partial charge in [-0.2, -0.15) is 0 Å². The second-order valence-corrected chi connectivity index (χ2v) is 9.33. The van der Waals surface area contributed by atoms with Gasteiger partial charge in [-0.15, -0.1) is 0 Å². The van der Waals surface area contributed by atoms with Gasteiger partial charge in [0.2, 0.25) is 0 Å². The third-order valence-corrected chi connectivity index (χ3v) is 6.97. The Morgan fingerprint density at radius 2 is 1.54 bits per heavy atom. The maximum absolute atomic E-state index is 6.13. The van der Waals surface area contributed by atoms with Crippen molar-refractivity contribution in [2.75, 3.05) is 44.2 Å². The molecule has 0 unspecified atom stereocenters. The summed E-state index contributed by atoms with van der Waals surface area (Å²) >= 11 is 0. The van der Waals surface area contributed by atoms with E-state index in [1.165, 1.54) is 27.6 Å². The smallest absolute Gasteiger partial charge is 0.119 e. The van der Waals surface area contributed by atoms with Crippen LogP contribution in [0.4, 0.5) is 5.69 Å². The number of piperazine rings is 1. The van der Waals surface area contributed by atoms with Gasteiger partial charge in [-0.05, 0) is 53.1 Å². The van der Waals surface area contributed by atoms with Crippen LogP contribution in [0.3, 0.4) is 0 Å². The number of rotatable bonds is 9. The van der Waals surface area contributed by atoms with Crippen molar-refractivity contribution in [3.8, 4) is 5.75 Å². The van der Waals surface area contributed by atoms with Gasteiger partial charge in [0, 0.05) is 51.0 Å². The first-order chi connectivity index (χ1) is 17.3. The summed E-state index contributed by atoms with van der Waals surface area (Å²) in [7, 11) is 0. The number of hydrogen-bond acceptors (Lipinski definition) is 4. The lowest BCUT2D eigenvalue weighted by atomic mass is 9.99. The van der Waals surface area contributed by atoms with Crippen molar-refractivity contribution in [3.05, 3.63) is 108 Å². The van der Waals surface area contributed by atoms with Crippen molar-refractivity contribution in [2.24, 2.45) is 0 Å². The molecule has 1 saturated heterocycles. The number of fused-ring (bicyclic) bond motifs is 1. The van der Waals surface area contributed by atoms with Crippen LogP contribution in [-0.2, 0) is 6.54 Å². The average molecular weight is 466 g/mol. The molecular formula is C31H35N3O. The summed E-state index contributed by atoms with van der Waals surface area (Å²) in [6.45, 7) is 9.02. The van der Waals surface area contributed by atoms with Gasteiger partial charge >= 0.3 is 0 Å². The standard InChI is InChI=1S/C31H35N3O/c1-25(30-16-8-11-27-10-5-6-15-31(27)30)32-24-26-9-7-14-29(23-26)35-22-21-33-17-19-34(20-18-33)28-12-3-2-4-13-28/h2-16,23,25,32H,17-22,24H2,1H3/t25-/m0/s1. The van der Waals surface area contributed by atoms with Gasteiger partial charge in [0.25, 0.3) is 0 Å². The Morgan fingerprint density at radius 1 is 0.800 bits per heavy atom. The third-order valence-electron chi connectivity index (χ3n) is 6.97. The Labute approximate surface area is 209 Å². The minimum atomic E-state index is 0.264. The lowest BCUT2D eigenvalue weighted by Gasteiger charge is -2.36. The zero-order chi connectivity index (χ0) is 23.9. The molecule has 1 fully saturated rings. The number of para-hydroxylation sites is 1. The molecule has 1 aliphatic heterocycles. The molecule has 0 aromatic heterocycles. The molecule has 0 radical (unpaired) electrons. The fourth-order valence-corrected chi connectivity index (χ4v) is 4.92. The summed E-state index contributed by atoms with van der Waals surface area (Å²) in [5, 5.41) is 6.30. The van der Waals surface area contributed by atoms with Crippen LogP contribution in [0.2, 0.25) is 0 Å². The molecule has 180 valence electrons. The van der Waals surface area contributed by atoms with Crippen molar-refractivity contribution in [2.45, 2.75) is 19.5 Å². The van der Waals surface area contributed by atoms with Crippen LogP contribution in [0.5, 0.6) is 5.75 Å². The first kappa shape index (κ1) is 23.4. The summed E-state index contributed by atoms with van der Waals surface area (Å²) in [6, 6.07) is 34.6. The van der Waals surface area contributed by atoms with Crippen molar-refractivity contribution in [1.29, 1.82) is 0 Å². The molecule has 4 aromatic rings. The molecule has 0 saturated carbocycles. The van der Waals surface area contributed by atoms with Crippen molar-refractivity contribution in [3.63, 3.8) is 0 Å². The van der Waals surface area contributed by atoms with E-state index < -0.39 is 0 Å². The molecular weight excluding hydrogens is 430 g/mol. The van der Waals surface area contributed by atoms with Gasteiger partial charge in [-0.25, -0.2) is 0 Å². The van der Waals surface area contributed by atoms with Gasteiger partial charge in [-0.3, -0.25) is 4.90 Å². The highest BCUT2D eigenvalue weighted by Crippen LogP contribution is 2.24. The van der Waals surface area contributed by atoms with Gasteiger partial charge < -0.3 is 15.0 Å². The SMILES string of the molecule is C[C@H](NCc1cccc(OCCN2CCN(c3ccccc3)CC2)c1)c1cccc2ccccc12. The zero-order valence-corrected chi connectivity index (χ0v) is 20.6. The van der Waals surface area contributed by atoms with E-state index in [4.69, 9.17) is 4.74 Å². The van der Waals surface area contributed by atoms with Crippen LogP contribution in [0.25, 0.3) is 10.8 Å². The highest BCUT2D eigenvalue weighted by atomic mass is 16.5. The van der Waals surface area contributed by atoms with E-state index >= 15 is 0 Å². The lowest BCUT2D eigenvalue weighted by molar-refractivity contribution is 0.200. The summed E-state index contributed by atoms with van der Waals surface area (Å²) < 4.78 is 6.13. The summed E-state index contributed by atoms with van der Waals surface area (Å²) in [4.78, 5) is 4.96. The minimum absolute atomic E-state index is 0.264. The largest absolute Gasteiger partial charge is 0.492 e. The van der Waals surface area contributed by atoms with Crippen molar-refractivity contribution < 1.29 is 4.74 Å².